The van der Waals surface area contributed by atoms with Crippen LogP contribution in [0.15, 0.2) is 36.4 Å². The molecule has 0 fully saturated rings. The lowest BCUT2D eigenvalue weighted by atomic mass is 10.1. The standard InChI is InChI=1S/C26H28N2O10/c1-15(29)35-21-9-7-19(13-23(21)37-17(3)31)25(33)27(5)11-12-28(6)26(34)20-8-10-22(36-16(2)30)24(14-20)38-18(4)32/h7-10,13-14H,11-12H2,1-6H3. The minimum Gasteiger partial charge on any atom is -0.423 e. The Labute approximate surface area is 219 Å². The molecule has 0 aliphatic carbocycles. The lowest BCUT2D eigenvalue weighted by molar-refractivity contribution is -0.134. The first kappa shape index (κ1) is 29.5. The van der Waals surface area contributed by atoms with Gasteiger partial charge in [-0.25, -0.2) is 0 Å². The normalized spacial score (nSPS) is 10.2. The van der Waals surface area contributed by atoms with Crippen LogP contribution in [0, 0.1) is 0 Å². The smallest absolute Gasteiger partial charge is 0.308 e. The number of hydrogen-bond acceptors (Lipinski definition) is 10. The van der Waals surface area contributed by atoms with Crippen molar-refractivity contribution in [1.29, 1.82) is 0 Å². The largest absolute Gasteiger partial charge is 0.423 e. The molecule has 38 heavy (non-hydrogen) atoms. The molecule has 0 radical (unpaired) electrons. The molecule has 12 nitrogen and oxygen atoms in total. The van der Waals surface area contributed by atoms with Crippen molar-refractivity contribution in [3.63, 3.8) is 0 Å². The fourth-order valence-corrected chi connectivity index (χ4v) is 3.17. The fraction of sp³-hybridized carbons (Fsp3) is 0.308. The topological polar surface area (TPSA) is 146 Å². The number of nitrogens with zero attached hydrogens (tertiary/aromatic N) is 2. The zero-order valence-electron chi connectivity index (χ0n) is 21.9. The minimum atomic E-state index is -0.658. The van der Waals surface area contributed by atoms with E-state index < -0.39 is 35.7 Å². The number of carbonyl (C=O) groups excluding carboxylic acids is 6. The summed E-state index contributed by atoms with van der Waals surface area (Å²) in [6.45, 7) is 4.99. The van der Waals surface area contributed by atoms with Crippen LogP contribution in [0.4, 0.5) is 0 Å². The second-order valence-electron chi connectivity index (χ2n) is 8.15. The highest BCUT2D eigenvalue weighted by Gasteiger charge is 2.20. The van der Waals surface area contributed by atoms with Gasteiger partial charge in [-0.05, 0) is 36.4 Å². The SMILES string of the molecule is CC(=O)Oc1ccc(C(=O)N(C)CCN(C)C(=O)c2ccc(OC(C)=O)c(OC(C)=O)c2)cc1OC(C)=O. The van der Waals surface area contributed by atoms with E-state index in [1.54, 1.807) is 0 Å². The van der Waals surface area contributed by atoms with Crippen LogP contribution < -0.4 is 18.9 Å². The molecule has 0 saturated carbocycles. The molecule has 0 spiro atoms. The van der Waals surface area contributed by atoms with Crippen LogP contribution in [-0.2, 0) is 19.2 Å². The molecule has 12 heteroatoms. The van der Waals surface area contributed by atoms with E-state index in [4.69, 9.17) is 18.9 Å². The molecule has 2 rings (SSSR count). The number of hydrogen-bond donors (Lipinski definition) is 0. The predicted molar refractivity (Wildman–Crippen MR) is 132 cm³/mol. The first-order chi connectivity index (χ1) is 17.8. The van der Waals surface area contributed by atoms with Gasteiger partial charge in [-0.15, -0.1) is 0 Å². The van der Waals surface area contributed by atoms with Gasteiger partial charge in [-0.1, -0.05) is 0 Å². The van der Waals surface area contributed by atoms with Crippen LogP contribution in [0.2, 0.25) is 0 Å². The Kier molecular flexibility index (Phi) is 10.1. The molecule has 0 aliphatic rings. The number of carbonyl (C=O) groups is 6. The maximum absolute atomic E-state index is 12.9. The average molecular weight is 529 g/mol. The van der Waals surface area contributed by atoms with Crippen LogP contribution in [0.25, 0.3) is 0 Å². The van der Waals surface area contributed by atoms with Crippen molar-refractivity contribution >= 4 is 35.7 Å². The van der Waals surface area contributed by atoms with Gasteiger partial charge in [0.15, 0.2) is 23.0 Å². The van der Waals surface area contributed by atoms with Gasteiger partial charge in [0.25, 0.3) is 11.8 Å². The molecular weight excluding hydrogens is 500 g/mol. The van der Waals surface area contributed by atoms with Crippen molar-refractivity contribution in [3.05, 3.63) is 47.5 Å². The van der Waals surface area contributed by atoms with E-state index in [0.717, 1.165) is 0 Å². The molecule has 0 saturated heterocycles. The number of amides is 2. The van der Waals surface area contributed by atoms with E-state index >= 15 is 0 Å². The molecule has 0 N–H and O–H groups in total. The van der Waals surface area contributed by atoms with Crippen molar-refractivity contribution in [2.45, 2.75) is 27.7 Å². The Morgan fingerprint density at radius 2 is 0.816 bits per heavy atom. The van der Waals surface area contributed by atoms with Gasteiger partial charge in [-0.3, -0.25) is 28.8 Å². The third-order valence-corrected chi connectivity index (χ3v) is 4.86. The fourth-order valence-electron chi connectivity index (χ4n) is 3.17. The van der Waals surface area contributed by atoms with E-state index in [-0.39, 0.29) is 47.2 Å². The molecular formula is C26H28N2O10. The van der Waals surface area contributed by atoms with Gasteiger partial charge < -0.3 is 28.7 Å². The van der Waals surface area contributed by atoms with E-state index in [1.165, 1.54) is 88.0 Å². The Hall–Kier alpha value is -4.74. The number of benzene rings is 2. The second-order valence-corrected chi connectivity index (χ2v) is 8.15. The maximum atomic E-state index is 12.9. The lowest BCUT2D eigenvalue weighted by Gasteiger charge is -2.23. The third kappa shape index (κ3) is 8.43. The minimum absolute atomic E-state index is 0.00919. The number of rotatable bonds is 9. The molecule has 2 amide bonds. The van der Waals surface area contributed by atoms with Crippen molar-refractivity contribution in [2.24, 2.45) is 0 Å². The number of esters is 4. The van der Waals surface area contributed by atoms with Crippen LogP contribution in [0.1, 0.15) is 48.4 Å². The quantitative estimate of drug-likeness (QED) is 0.351. The summed E-state index contributed by atoms with van der Waals surface area (Å²) in [5, 5.41) is 0. The van der Waals surface area contributed by atoms with Crippen LogP contribution in [-0.4, -0.2) is 72.7 Å². The number of likely N-dealkylation sites (N-methyl/N-ethyl adjacent to an activating group) is 2. The summed E-state index contributed by atoms with van der Waals surface area (Å²) in [4.78, 5) is 74.0. The van der Waals surface area contributed by atoms with E-state index in [1.807, 2.05) is 0 Å². The van der Waals surface area contributed by atoms with Crippen molar-refractivity contribution < 1.29 is 47.7 Å². The van der Waals surface area contributed by atoms with Crippen LogP contribution >= 0.6 is 0 Å². The molecule has 2 aromatic rings. The molecule has 2 aromatic carbocycles. The summed E-state index contributed by atoms with van der Waals surface area (Å²) in [6.07, 6.45) is 0. The van der Waals surface area contributed by atoms with Gasteiger partial charge in [0.2, 0.25) is 0 Å². The van der Waals surface area contributed by atoms with E-state index in [9.17, 15) is 28.8 Å². The maximum Gasteiger partial charge on any atom is 0.308 e. The molecule has 0 aliphatic heterocycles. The Bertz CT molecular complexity index is 1170. The Morgan fingerprint density at radius 1 is 0.526 bits per heavy atom. The van der Waals surface area contributed by atoms with E-state index in [2.05, 4.69) is 0 Å². The van der Waals surface area contributed by atoms with Crippen molar-refractivity contribution in [2.75, 3.05) is 27.2 Å². The molecule has 0 bridgehead atoms. The second kappa shape index (κ2) is 13.0. The van der Waals surface area contributed by atoms with Gasteiger partial charge >= 0.3 is 23.9 Å². The summed E-state index contributed by atoms with van der Waals surface area (Å²) in [7, 11) is 3.05. The highest BCUT2D eigenvalue weighted by atomic mass is 16.6. The molecule has 0 heterocycles. The Morgan fingerprint density at radius 3 is 1.11 bits per heavy atom. The first-order valence-corrected chi connectivity index (χ1v) is 11.3. The average Bonchev–Trinajstić information content (AvgIpc) is 2.82. The highest BCUT2D eigenvalue weighted by Crippen LogP contribution is 2.30. The highest BCUT2D eigenvalue weighted by molar-refractivity contribution is 5.96. The Balaban J connectivity index is 2.12. The van der Waals surface area contributed by atoms with Crippen LogP contribution in [0.3, 0.4) is 0 Å². The van der Waals surface area contributed by atoms with Crippen molar-refractivity contribution in [1.82, 2.24) is 9.80 Å². The molecule has 0 aromatic heterocycles. The summed E-state index contributed by atoms with van der Waals surface area (Å²) in [6, 6.07) is 8.09. The summed E-state index contributed by atoms with van der Waals surface area (Å²) < 4.78 is 20.1. The van der Waals surface area contributed by atoms with Gasteiger partial charge in [0.05, 0.1) is 0 Å². The van der Waals surface area contributed by atoms with E-state index in [0.29, 0.717) is 0 Å². The third-order valence-electron chi connectivity index (χ3n) is 4.86. The zero-order chi connectivity index (χ0) is 28.6. The number of ether oxygens (including phenoxy) is 4. The van der Waals surface area contributed by atoms with Gasteiger partial charge in [-0.2, -0.15) is 0 Å². The van der Waals surface area contributed by atoms with Crippen LogP contribution in [0.5, 0.6) is 23.0 Å². The molecule has 0 unspecified atom stereocenters. The predicted octanol–water partition coefficient (Wildman–Crippen LogP) is 2.23. The van der Waals surface area contributed by atoms with Crippen molar-refractivity contribution in [3.8, 4) is 23.0 Å². The first-order valence-electron chi connectivity index (χ1n) is 11.3. The molecule has 202 valence electrons. The molecule has 0 atom stereocenters. The monoisotopic (exact) mass is 528 g/mol. The summed E-state index contributed by atoms with van der Waals surface area (Å²) in [5.74, 6) is -3.61. The van der Waals surface area contributed by atoms with Gasteiger partial charge in [0, 0.05) is 66.0 Å². The zero-order valence-corrected chi connectivity index (χ0v) is 21.9. The lowest BCUT2D eigenvalue weighted by Crippen LogP contribution is -2.37. The summed E-state index contributed by atoms with van der Waals surface area (Å²) in [5.41, 5.74) is 0.335. The van der Waals surface area contributed by atoms with Gasteiger partial charge in [0.1, 0.15) is 0 Å². The summed E-state index contributed by atoms with van der Waals surface area (Å²) >= 11 is 0.